The number of aliphatic hydroxyl groups is 3. The third-order valence-electron chi connectivity index (χ3n) is 9.08. The number of carbonyl (C=O) groups is 2. The van der Waals surface area contributed by atoms with Crippen LogP contribution in [0.25, 0.3) is 0 Å². The third-order valence-corrected chi connectivity index (χ3v) is 9.08. The molecule has 8 atom stereocenters. The minimum absolute atomic E-state index is 0.0154. The highest BCUT2D eigenvalue weighted by atomic mass is 16.3. The van der Waals surface area contributed by atoms with Crippen LogP contribution in [0.1, 0.15) is 65.2 Å². The van der Waals surface area contributed by atoms with Crippen LogP contribution in [0.5, 0.6) is 0 Å². The van der Waals surface area contributed by atoms with Crippen molar-refractivity contribution in [3.8, 4) is 0 Å². The fourth-order valence-electron chi connectivity index (χ4n) is 7.64. The van der Waals surface area contributed by atoms with E-state index in [0.29, 0.717) is 12.3 Å². The smallest absolute Gasteiger partial charge is 0.190 e. The van der Waals surface area contributed by atoms with Crippen molar-refractivity contribution in [3.63, 3.8) is 0 Å². The standard InChI is InChI=1S/C21H32O5/c1-19-7-5-13(23)9-12(19)3-4-14-15-6-8-21(26,17(25)11-22)20(15,2)10-16(24)18(14)19/h12-15,18,22-23,26H,3-11H2,1-2H3/t12?,13?,14?,15?,18?,19-,20-,21-/m0/s1. The molecule has 0 aromatic heterocycles. The van der Waals surface area contributed by atoms with Gasteiger partial charge in [-0.1, -0.05) is 13.8 Å². The van der Waals surface area contributed by atoms with E-state index < -0.39 is 23.4 Å². The van der Waals surface area contributed by atoms with E-state index in [4.69, 9.17) is 0 Å². The monoisotopic (exact) mass is 364 g/mol. The molecular weight excluding hydrogens is 332 g/mol. The van der Waals surface area contributed by atoms with Gasteiger partial charge in [-0.15, -0.1) is 0 Å². The van der Waals surface area contributed by atoms with Crippen LogP contribution in [0.3, 0.4) is 0 Å². The van der Waals surface area contributed by atoms with Gasteiger partial charge in [0.15, 0.2) is 5.78 Å². The van der Waals surface area contributed by atoms with Crippen molar-refractivity contribution < 1.29 is 24.9 Å². The Morgan fingerprint density at radius 1 is 1.15 bits per heavy atom. The number of aliphatic hydroxyl groups excluding tert-OH is 2. The number of carbonyl (C=O) groups excluding carboxylic acids is 2. The molecular formula is C21H32O5. The van der Waals surface area contributed by atoms with Crippen molar-refractivity contribution in [2.75, 3.05) is 6.61 Å². The summed E-state index contributed by atoms with van der Waals surface area (Å²) >= 11 is 0. The zero-order valence-electron chi connectivity index (χ0n) is 15.9. The summed E-state index contributed by atoms with van der Waals surface area (Å²) in [7, 11) is 0. The van der Waals surface area contributed by atoms with E-state index >= 15 is 0 Å². The Bertz CT molecular complexity index is 632. The van der Waals surface area contributed by atoms with E-state index in [2.05, 4.69) is 6.92 Å². The van der Waals surface area contributed by atoms with Crippen LogP contribution in [0.2, 0.25) is 0 Å². The molecule has 4 saturated carbocycles. The van der Waals surface area contributed by atoms with Gasteiger partial charge in [-0.25, -0.2) is 0 Å². The van der Waals surface area contributed by atoms with E-state index in [1.165, 1.54) is 0 Å². The maximum absolute atomic E-state index is 13.4. The van der Waals surface area contributed by atoms with E-state index in [1.54, 1.807) is 0 Å². The lowest BCUT2D eigenvalue weighted by Gasteiger charge is -2.60. The van der Waals surface area contributed by atoms with Crippen molar-refractivity contribution >= 4 is 11.6 Å². The molecule has 0 heterocycles. The van der Waals surface area contributed by atoms with Crippen molar-refractivity contribution in [2.24, 2.45) is 34.5 Å². The van der Waals surface area contributed by atoms with Gasteiger partial charge in [0.25, 0.3) is 0 Å². The molecule has 0 bridgehead atoms. The maximum atomic E-state index is 13.4. The summed E-state index contributed by atoms with van der Waals surface area (Å²) < 4.78 is 0. The van der Waals surface area contributed by atoms with Gasteiger partial charge in [-0.2, -0.15) is 0 Å². The second-order valence-corrected chi connectivity index (χ2v) is 10.00. The average Bonchev–Trinajstić information content (AvgIpc) is 2.86. The molecule has 4 rings (SSSR count). The first-order chi connectivity index (χ1) is 12.2. The second-order valence-electron chi connectivity index (χ2n) is 10.00. The lowest BCUT2D eigenvalue weighted by molar-refractivity contribution is -0.180. The number of fused-ring (bicyclic) bond motifs is 5. The van der Waals surface area contributed by atoms with Gasteiger partial charge in [-0.05, 0) is 68.1 Å². The van der Waals surface area contributed by atoms with E-state index in [-0.39, 0.29) is 41.5 Å². The van der Waals surface area contributed by atoms with Crippen LogP contribution in [0, 0.1) is 34.5 Å². The van der Waals surface area contributed by atoms with Gasteiger partial charge in [0.05, 0.1) is 6.10 Å². The molecule has 5 nitrogen and oxygen atoms in total. The van der Waals surface area contributed by atoms with Crippen molar-refractivity contribution in [1.82, 2.24) is 0 Å². The van der Waals surface area contributed by atoms with E-state index in [1.807, 2.05) is 6.92 Å². The molecule has 4 aliphatic rings. The van der Waals surface area contributed by atoms with Crippen LogP contribution < -0.4 is 0 Å². The van der Waals surface area contributed by atoms with E-state index in [9.17, 15) is 24.9 Å². The molecule has 26 heavy (non-hydrogen) atoms. The molecule has 0 amide bonds. The second kappa shape index (κ2) is 5.86. The molecule has 0 aromatic carbocycles. The molecule has 4 aliphatic carbocycles. The minimum Gasteiger partial charge on any atom is -0.393 e. The van der Waals surface area contributed by atoms with Gasteiger partial charge in [0.2, 0.25) is 0 Å². The number of rotatable bonds is 2. The quantitative estimate of drug-likeness (QED) is 0.695. The first-order valence-corrected chi connectivity index (χ1v) is 10.2. The average molecular weight is 364 g/mol. The fourth-order valence-corrected chi connectivity index (χ4v) is 7.64. The molecule has 3 N–H and O–H groups in total. The summed E-state index contributed by atoms with van der Waals surface area (Å²) in [6.07, 6.45) is 5.47. The highest BCUT2D eigenvalue weighted by Crippen LogP contribution is 2.67. The van der Waals surface area contributed by atoms with Crippen LogP contribution >= 0.6 is 0 Å². The Balaban J connectivity index is 1.70. The topological polar surface area (TPSA) is 94.8 Å². The van der Waals surface area contributed by atoms with Crippen LogP contribution in [0.15, 0.2) is 0 Å². The van der Waals surface area contributed by atoms with Crippen molar-refractivity contribution in [2.45, 2.75) is 76.9 Å². The Kier molecular flexibility index (Phi) is 4.18. The van der Waals surface area contributed by atoms with Gasteiger partial charge < -0.3 is 15.3 Å². The Hall–Kier alpha value is -0.780. The first-order valence-electron chi connectivity index (χ1n) is 10.2. The molecule has 0 spiro atoms. The fraction of sp³-hybridized carbons (Fsp3) is 0.905. The zero-order valence-corrected chi connectivity index (χ0v) is 15.9. The SMILES string of the molecule is C[C@]12CCC(O)CC1CCC1C2C(=O)C[C@@]2(C)C1CC[C@]2(O)C(=O)CO. The molecule has 5 unspecified atom stereocenters. The van der Waals surface area contributed by atoms with Gasteiger partial charge in [0.1, 0.15) is 18.0 Å². The van der Waals surface area contributed by atoms with Gasteiger partial charge in [-0.3, -0.25) is 9.59 Å². The lowest BCUT2D eigenvalue weighted by atomic mass is 9.44. The summed E-state index contributed by atoms with van der Waals surface area (Å²) in [5, 5.41) is 30.6. The molecule has 0 aliphatic heterocycles. The summed E-state index contributed by atoms with van der Waals surface area (Å²) in [5.41, 5.74) is -2.40. The largest absolute Gasteiger partial charge is 0.393 e. The number of ketones is 2. The van der Waals surface area contributed by atoms with Crippen molar-refractivity contribution in [1.29, 1.82) is 0 Å². The molecule has 0 radical (unpaired) electrons. The predicted octanol–water partition coefficient (Wildman–Crippen LogP) is 1.86. The molecule has 5 heteroatoms. The number of Topliss-reactive ketones (excluding diaryl/α,β-unsaturated/α-hetero) is 2. The molecule has 0 saturated heterocycles. The first kappa shape index (κ1) is 18.6. The van der Waals surface area contributed by atoms with E-state index in [0.717, 1.165) is 38.5 Å². The molecule has 146 valence electrons. The number of hydrogen-bond acceptors (Lipinski definition) is 5. The molecule has 4 fully saturated rings. The minimum atomic E-state index is -1.58. The van der Waals surface area contributed by atoms with Crippen molar-refractivity contribution in [3.05, 3.63) is 0 Å². The number of hydrogen-bond donors (Lipinski definition) is 3. The van der Waals surface area contributed by atoms with Gasteiger partial charge in [0, 0.05) is 17.8 Å². The summed E-state index contributed by atoms with van der Waals surface area (Å²) in [4.78, 5) is 25.7. The lowest BCUT2D eigenvalue weighted by Crippen LogP contribution is -2.62. The predicted molar refractivity (Wildman–Crippen MR) is 95.2 cm³/mol. The summed E-state index contributed by atoms with van der Waals surface area (Å²) in [5.74, 6) is 0.380. The Labute approximate surface area is 155 Å². The highest BCUT2D eigenvalue weighted by molar-refractivity contribution is 5.92. The Morgan fingerprint density at radius 3 is 2.58 bits per heavy atom. The van der Waals surface area contributed by atoms with Crippen LogP contribution in [0.4, 0.5) is 0 Å². The van der Waals surface area contributed by atoms with Gasteiger partial charge >= 0.3 is 0 Å². The van der Waals surface area contributed by atoms with Crippen LogP contribution in [-0.2, 0) is 9.59 Å². The highest BCUT2D eigenvalue weighted by Gasteiger charge is 2.68. The third kappa shape index (κ3) is 2.20. The van der Waals surface area contributed by atoms with Crippen LogP contribution in [-0.4, -0.2) is 45.2 Å². The molecule has 0 aromatic rings. The Morgan fingerprint density at radius 2 is 1.88 bits per heavy atom. The summed E-state index contributed by atoms with van der Waals surface area (Å²) in [6, 6.07) is 0. The maximum Gasteiger partial charge on any atom is 0.190 e. The normalized spacial score (nSPS) is 53.6. The summed E-state index contributed by atoms with van der Waals surface area (Å²) in [6.45, 7) is 3.46. The zero-order chi connectivity index (χ0) is 18.9.